The number of carbonyl (C=O) groups excluding carboxylic acids is 1. The van der Waals surface area contributed by atoms with Gasteiger partial charge in [-0.05, 0) is 40.5 Å². The number of nitrogen functional groups attached to an aromatic ring is 1. The summed E-state index contributed by atoms with van der Waals surface area (Å²) in [5.41, 5.74) is 9.87. The molecule has 0 aliphatic carbocycles. The van der Waals surface area contributed by atoms with Gasteiger partial charge in [0.15, 0.2) is 5.56 Å². The molecule has 1 aliphatic heterocycles. The number of hydrogen-bond donors (Lipinski definition) is 3. The van der Waals surface area contributed by atoms with Crippen molar-refractivity contribution >= 4 is 23.4 Å². The molecule has 0 bridgehead atoms. The molecule has 3 aromatic rings. The molecular formula is C22H21N6O2+. The monoisotopic (exact) mass is 401 g/mol. The minimum Gasteiger partial charge on any atom is -0.367 e. The fourth-order valence-corrected chi connectivity index (χ4v) is 3.30. The van der Waals surface area contributed by atoms with E-state index in [0.717, 1.165) is 23.2 Å². The second-order valence-corrected chi connectivity index (χ2v) is 6.86. The number of anilines is 3. The van der Waals surface area contributed by atoms with Gasteiger partial charge in [0.2, 0.25) is 0 Å². The minimum atomic E-state index is -0.0668. The Kier molecular flexibility index (Phi) is 5.44. The summed E-state index contributed by atoms with van der Waals surface area (Å²) >= 11 is 0. The highest BCUT2D eigenvalue weighted by molar-refractivity contribution is 5.97. The SMILES string of the molecule is N#Cc1cnc(Nc2ccc3c(c2)CCNC3=O)[n+](OCCc2ccccc2)c1N. The first kappa shape index (κ1) is 19.2. The largest absolute Gasteiger partial charge is 0.388 e. The van der Waals surface area contributed by atoms with Gasteiger partial charge in [-0.3, -0.25) is 10.1 Å². The Morgan fingerprint density at radius 1 is 1.27 bits per heavy atom. The van der Waals surface area contributed by atoms with Crippen molar-refractivity contribution in [3.63, 3.8) is 0 Å². The number of nitrogens with zero attached hydrogens (tertiary/aromatic N) is 3. The lowest BCUT2D eigenvalue weighted by Crippen LogP contribution is -2.49. The van der Waals surface area contributed by atoms with Gasteiger partial charge in [0.1, 0.15) is 18.9 Å². The lowest BCUT2D eigenvalue weighted by molar-refractivity contribution is -0.870. The van der Waals surface area contributed by atoms with E-state index in [-0.39, 0.29) is 17.3 Å². The van der Waals surface area contributed by atoms with Crippen LogP contribution in [0.3, 0.4) is 0 Å². The van der Waals surface area contributed by atoms with Crippen LogP contribution in [-0.4, -0.2) is 24.0 Å². The van der Waals surface area contributed by atoms with Gasteiger partial charge in [-0.15, -0.1) is 4.98 Å². The predicted octanol–water partition coefficient (Wildman–Crippen LogP) is 1.52. The van der Waals surface area contributed by atoms with Crippen LogP contribution in [0.1, 0.15) is 27.0 Å². The minimum absolute atomic E-state index is 0.0668. The molecule has 0 saturated heterocycles. The summed E-state index contributed by atoms with van der Waals surface area (Å²) in [6.45, 7) is 0.967. The van der Waals surface area contributed by atoms with Gasteiger partial charge in [-0.2, -0.15) is 5.26 Å². The molecule has 0 atom stereocenters. The van der Waals surface area contributed by atoms with E-state index in [2.05, 4.69) is 15.6 Å². The summed E-state index contributed by atoms with van der Waals surface area (Å²) in [5, 5.41) is 15.3. The molecule has 1 aliphatic rings. The van der Waals surface area contributed by atoms with Gasteiger partial charge in [0, 0.05) is 18.5 Å². The quantitative estimate of drug-likeness (QED) is 0.539. The Labute approximate surface area is 173 Å². The molecule has 150 valence electrons. The van der Waals surface area contributed by atoms with Crippen LogP contribution in [0.2, 0.25) is 0 Å². The van der Waals surface area contributed by atoms with Crippen molar-refractivity contribution in [2.75, 3.05) is 24.2 Å². The van der Waals surface area contributed by atoms with Crippen LogP contribution in [0, 0.1) is 11.3 Å². The van der Waals surface area contributed by atoms with Crippen molar-refractivity contribution in [1.29, 1.82) is 5.26 Å². The first-order valence-corrected chi connectivity index (χ1v) is 9.61. The number of fused-ring (bicyclic) bond motifs is 1. The summed E-state index contributed by atoms with van der Waals surface area (Å²) in [7, 11) is 0. The zero-order valence-electron chi connectivity index (χ0n) is 16.3. The number of carbonyl (C=O) groups is 1. The van der Waals surface area contributed by atoms with Crippen LogP contribution in [0.15, 0.2) is 54.7 Å². The molecular weight excluding hydrogens is 380 g/mol. The third-order valence-corrected chi connectivity index (χ3v) is 4.86. The van der Waals surface area contributed by atoms with E-state index in [1.807, 2.05) is 42.5 Å². The van der Waals surface area contributed by atoms with Crippen molar-refractivity contribution < 1.29 is 14.4 Å². The van der Waals surface area contributed by atoms with Gasteiger partial charge in [-0.1, -0.05) is 30.3 Å². The Morgan fingerprint density at radius 3 is 2.90 bits per heavy atom. The fraction of sp³-hybridized carbons (Fsp3) is 0.182. The van der Waals surface area contributed by atoms with Crippen molar-refractivity contribution in [2.24, 2.45) is 0 Å². The maximum atomic E-state index is 11.9. The zero-order chi connectivity index (χ0) is 20.9. The fourth-order valence-electron chi connectivity index (χ4n) is 3.30. The Balaban J connectivity index is 1.57. The number of amides is 1. The Hall–Kier alpha value is -4.12. The molecule has 2 aromatic carbocycles. The maximum Gasteiger partial charge on any atom is 0.388 e. The normalized spacial score (nSPS) is 12.4. The highest BCUT2D eigenvalue weighted by Crippen LogP contribution is 2.21. The lowest BCUT2D eigenvalue weighted by Gasteiger charge is -2.17. The number of hydrogen-bond acceptors (Lipinski definition) is 6. The summed E-state index contributed by atoms with van der Waals surface area (Å²) in [6, 6.07) is 17.4. The molecule has 30 heavy (non-hydrogen) atoms. The standard InChI is InChI=1S/C22H20N6O2/c23-13-17-14-26-22(27-18-6-7-19-16(12-18)8-10-25-21(19)29)28(20(17)24)30-11-9-15-4-2-1-3-5-15/h1-7,12,14H,8-11H2,(H3,24,25,26,27,29)/p+1. The van der Waals surface area contributed by atoms with Gasteiger partial charge >= 0.3 is 5.95 Å². The van der Waals surface area contributed by atoms with Crippen LogP contribution in [0.5, 0.6) is 0 Å². The Morgan fingerprint density at radius 2 is 2.10 bits per heavy atom. The second-order valence-electron chi connectivity index (χ2n) is 6.86. The number of nitriles is 1. The van der Waals surface area contributed by atoms with Crippen molar-refractivity contribution in [3.05, 3.63) is 77.0 Å². The van der Waals surface area contributed by atoms with Gasteiger partial charge < -0.3 is 15.9 Å². The molecule has 0 unspecified atom stereocenters. The number of nitrogens with one attached hydrogen (secondary N) is 2. The molecule has 8 heteroatoms. The average molecular weight is 401 g/mol. The topological polar surface area (TPSA) is 117 Å². The number of benzene rings is 2. The van der Waals surface area contributed by atoms with E-state index >= 15 is 0 Å². The lowest BCUT2D eigenvalue weighted by atomic mass is 10.00. The van der Waals surface area contributed by atoms with Crippen molar-refractivity contribution in [2.45, 2.75) is 12.8 Å². The Bertz CT molecular complexity index is 1120. The van der Waals surface area contributed by atoms with Crippen molar-refractivity contribution in [1.82, 2.24) is 10.3 Å². The maximum absolute atomic E-state index is 11.9. The summed E-state index contributed by atoms with van der Waals surface area (Å²) < 4.78 is 1.34. The number of rotatable bonds is 6. The number of aromatic nitrogens is 2. The van der Waals surface area contributed by atoms with Crippen LogP contribution >= 0.6 is 0 Å². The van der Waals surface area contributed by atoms with Crippen LogP contribution in [0.25, 0.3) is 0 Å². The van der Waals surface area contributed by atoms with Crippen molar-refractivity contribution in [3.8, 4) is 6.07 Å². The first-order chi connectivity index (χ1) is 14.7. The number of nitrogens with two attached hydrogens (primary N) is 1. The third-order valence-electron chi connectivity index (χ3n) is 4.86. The van der Waals surface area contributed by atoms with Gasteiger partial charge in [-0.25, -0.2) is 0 Å². The van der Waals surface area contributed by atoms with Gasteiger partial charge in [0.25, 0.3) is 11.7 Å². The highest BCUT2D eigenvalue weighted by Gasteiger charge is 2.21. The molecule has 0 spiro atoms. The molecule has 2 heterocycles. The zero-order valence-corrected chi connectivity index (χ0v) is 16.3. The first-order valence-electron chi connectivity index (χ1n) is 9.61. The van der Waals surface area contributed by atoms with E-state index in [1.165, 1.54) is 10.9 Å². The molecule has 4 N–H and O–H groups in total. The second kappa shape index (κ2) is 8.49. The van der Waals surface area contributed by atoms with Crippen LogP contribution in [-0.2, 0) is 12.8 Å². The highest BCUT2D eigenvalue weighted by atomic mass is 16.7. The molecule has 1 amide bonds. The van der Waals surface area contributed by atoms with E-state index < -0.39 is 0 Å². The van der Waals surface area contributed by atoms with E-state index in [0.29, 0.717) is 31.1 Å². The molecule has 8 nitrogen and oxygen atoms in total. The van der Waals surface area contributed by atoms with Crippen LogP contribution in [0.4, 0.5) is 17.5 Å². The van der Waals surface area contributed by atoms with E-state index in [1.54, 1.807) is 12.1 Å². The molecule has 0 saturated carbocycles. The predicted molar refractivity (Wildman–Crippen MR) is 111 cm³/mol. The molecule has 4 rings (SSSR count). The average Bonchev–Trinajstić information content (AvgIpc) is 2.77. The van der Waals surface area contributed by atoms with E-state index in [4.69, 9.17) is 10.6 Å². The molecule has 0 fully saturated rings. The third kappa shape index (κ3) is 4.00. The van der Waals surface area contributed by atoms with Gasteiger partial charge in [0.05, 0.1) is 5.69 Å². The van der Waals surface area contributed by atoms with E-state index in [9.17, 15) is 10.1 Å². The molecule has 1 aromatic heterocycles. The van der Waals surface area contributed by atoms with Crippen LogP contribution < -0.4 is 25.9 Å². The summed E-state index contributed by atoms with van der Waals surface area (Å²) in [5.74, 6) is 0.447. The smallest absolute Gasteiger partial charge is 0.367 e. The molecule has 0 radical (unpaired) electrons. The summed E-state index contributed by atoms with van der Waals surface area (Å²) in [6.07, 6.45) is 2.84. The summed E-state index contributed by atoms with van der Waals surface area (Å²) in [4.78, 5) is 22.1.